The summed E-state index contributed by atoms with van der Waals surface area (Å²) < 4.78 is 10.8. The summed E-state index contributed by atoms with van der Waals surface area (Å²) in [5, 5.41) is 9.85. The molecule has 0 radical (unpaired) electrons. The number of oxime groups is 1. The summed E-state index contributed by atoms with van der Waals surface area (Å²) in [6.45, 7) is 0.513. The number of ether oxygens (including phenoxy) is 2. The molecule has 2 aliphatic heterocycles. The minimum Gasteiger partial charge on any atom is -0.454 e. The third-order valence-corrected chi connectivity index (χ3v) is 5.80. The first-order valence-electron chi connectivity index (χ1n) is 11.3. The Labute approximate surface area is 202 Å². The van der Waals surface area contributed by atoms with Crippen LogP contribution < -0.4 is 20.1 Å². The van der Waals surface area contributed by atoms with Crippen molar-refractivity contribution in [2.75, 3.05) is 6.79 Å². The summed E-state index contributed by atoms with van der Waals surface area (Å²) in [6.07, 6.45) is 3.13. The summed E-state index contributed by atoms with van der Waals surface area (Å²) in [5.41, 5.74) is 3.27. The molecule has 2 aliphatic rings. The maximum atomic E-state index is 13.0. The molecule has 3 heterocycles. The highest BCUT2D eigenvalue weighted by atomic mass is 16.7. The molecular weight excluding hydrogens is 448 g/mol. The molecule has 0 saturated carbocycles. The lowest BCUT2D eigenvalue weighted by molar-refractivity contribution is -0.135. The van der Waals surface area contributed by atoms with E-state index < -0.39 is 18.1 Å². The lowest BCUT2D eigenvalue weighted by Gasteiger charge is -2.20. The van der Waals surface area contributed by atoms with Gasteiger partial charge in [0.05, 0.1) is 5.71 Å². The minimum absolute atomic E-state index is 0.179. The van der Waals surface area contributed by atoms with Crippen LogP contribution in [0.1, 0.15) is 23.1 Å². The Morgan fingerprint density at radius 3 is 2.60 bits per heavy atom. The van der Waals surface area contributed by atoms with Crippen molar-refractivity contribution in [1.82, 2.24) is 15.6 Å². The number of hydrogen-bond acceptors (Lipinski definition) is 7. The zero-order chi connectivity index (χ0) is 24.0. The van der Waals surface area contributed by atoms with E-state index in [2.05, 4.69) is 20.8 Å². The molecule has 178 valence electrons. The molecule has 2 N–H and O–H groups in total. The van der Waals surface area contributed by atoms with Gasteiger partial charge in [0.15, 0.2) is 11.5 Å². The van der Waals surface area contributed by atoms with E-state index in [1.807, 2.05) is 54.6 Å². The number of rotatable bonds is 8. The number of carbonyl (C=O) groups is 2. The van der Waals surface area contributed by atoms with E-state index in [1.54, 1.807) is 18.5 Å². The Kier molecular flexibility index (Phi) is 6.56. The zero-order valence-electron chi connectivity index (χ0n) is 18.8. The fourth-order valence-electron chi connectivity index (χ4n) is 3.90. The van der Waals surface area contributed by atoms with Crippen LogP contribution in [-0.2, 0) is 27.4 Å². The molecule has 0 saturated heterocycles. The zero-order valence-corrected chi connectivity index (χ0v) is 18.8. The summed E-state index contributed by atoms with van der Waals surface area (Å²) in [7, 11) is 0. The number of pyridine rings is 1. The van der Waals surface area contributed by atoms with E-state index in [1.165, 1.54) is 0 Å². The van der Waals surface area contributed by atoms with Crippen LogP contribution in [0, 0.1) is 0 Å². The number of benzene rings is 2. The van der Waals surface area contributed by atoms with E-state index in [9.17, 15) is 9.59 Å². The second kappa shape index (κ2) is 10.3. The molecule has 3 aromatic rings. The first kappa shape index (κ1) is 22.4. The summed E-state index contributed by atoms with van der Waals surface area (Å²) >= 11 is 0. The van der Waals surface area contributed by atoms with Crippen molar-refractivity contribution < 1.29 is 23.9 Å². The van der Waals surface area contributed by atoms with E-state index in [-0.39, 0.29) is 19.1 Å². The van der Waals surface area contributed by atoms with Crippen LogP contribution in [-0.4, -0.2) is 41.4 Å². The normalized spacial score (nSPS) is 16.7. The molecule has 5 rings (SSSR count). The van der Waals surface area contributed by atoms with Crippen LogP contribution in [0.3, 0.4) is 0 Å². The number of nitrogens with zero attached hydrogens (tertiary/aromatic N) is 2. The van der Waals surface area contributed by atoms with Gasteiger partial charge in [0.25, 0.3) is 5.91 Å². The molecule has 9 nitrogen and oxygen atoms in total. The van der Waals surface area contributed by atoms with Crippen LogP contribution in [0.4, 0.5) is 0 Å². The molecule has 35 heavy (non-hydrogen) atoms. The number of carbonyl (C=O) groups excluding carboxylic acids is 2. The van der Waals surface area contributed by atoms with Gasteiger partial charge in [-0.25, -0.2) is 0 Å². The SMILES string of the molecule is O=C(N[C@H](Cc1ccccc1)C(=O)NCc1ccncc1)[C@@H]1CC(c2ccc3c(c2)OCO3)=NO1. The molecule has 2 aromatic carbocycles. The Hall–Kier alpha value is -4.40. The second-order valence-corrected chi connectivity index (χ2v) is 8.23. The lowest BCUT2D eigenvalue weighted by atomic mass is 10.0. The molecule has 0 fully saturated rings. The number of nitrogens with one attached hydrogen (secondary N) is 2. The molecule has 2 atom stereocenters. The van der Waals surface area contributed by atoms with Gasteiger partial charge in [-0.3, -0.25) is 14.6 Å². The molecule has 0 unspecified atom stereocenters. The van der Waals surface area contributed by atoms with Crippen LogP contribution in [0.25, 0.3) is 0 Å². The van der Waals surface area contributed by atoms with Gasteiger partial charge in [0.2, 0.25) is 18.8 Å². The smallest absolute Gasteiger partial charge is 0.265 e. The standard InChI is InChI=1S/C26H24N4O5/c31-25(28-15-18-8-10-27-11-9-18)21(12-17-4-2-1-3-5-17)29-26(32)24-14-20(30-35-24)19-6-7-22-23(13-19)34-16-33-22/h1-11,13,21,24H,12,14-16H2,(H,28,31)(H,29,32)/t21-,24+/m1/s1. The Morgan fingerprint density at radius 1 is 0.971 bits per heavy atom. The average molecular weight is 473 g/mol. The highest BCUT2D eigenvalue weighted by Crippen LogP contribution is 2.33. The van der Waals surface area contributed by atoms with Crippen molar-refractivity contribution in [2.45, 2.75) is 31.5 Å². The number of fused-ring (bicyclic) bond motifs is 1. The average Bonchev–Trinajstić information content (AvgIpc) is 3.58. The van der Waals surface area contributed by atoms with E-state index in [0.29, 0.717) is 30.2 Å². The molecule has 0 spiro atoms. The van der Waals surface area contributed by atoms with Crippen molar-refractivity contribution in [2.24, 2.45) is 5.16 Å². The van der Waals surface area contributed by atoms with Gasteiger partial charge < -0.3 is 24.9 Å². The van der Waals surface area contributed by atoms with Gasteiger partial charge >= 0.3 is 0 Å². The largest absolute Gasteiger partial charge is 0.454 e. The van der Waals surface area contributed by atoms with Gasteiger partial charge in [0.1, 0.15) is 6.04 Å². The fourth-order valence-corrected chi connectivity index (χ4v) is 3.90. The first-order valence-corrected chi connectivity index (χ1v) is 11.3. The van der Waals surface area contributed by atoms with Gasteiger partial charge in [-0.05, 0) is 41.5 Å². The predicted molar refractivity (Wildman–Crippen MR) is 127 cm³/mol. The summed E-state index contributed by atoms with van der Waals surface area (Å²) in [4.78, 5) is 35.5. The quantitative estimate of drug-likeness (QED) is 0.521. The Bertz CT molecular complexity index is 1230. The Morgan fingerprint density at radius 2 is 1.77 bits per heavy atom. The number of aromatic nitrogens is 1. The molecule has 0 aliphatic carbocycles. The third-order valence-electron chi connectivity index (χ3n) is 5.80. The highest BCUT2D eigenvalue weighted by molar-refractivity contribution is 6.04. The van der Waals surface area contributed by atoms with E-state index in [4.69, 9.17) is 14.3 Å². The molecule has 0 bridgehead atoms. The molecule has 2 amide bonds. The van der Waals surface area contributed by atoms with Crippen molar-refractivity contribution in [3.63, 3.8) is 0 Å². The third kappa shape index (κ3) is 5.40. The minimum atomic E-state index is -0.832. The van der Waals surface area contributed by atoms with Gasteiger partial charge in [-0.15, -0.1) is 0 Å². The van der Waals surface area contributed by atoms with Gasteiger partial charge in [-0.1, -0.05) is 35.5 Å². The summed E-state index contributed by atoms with van der Waals surface area (Å²) in [5.74, 6) is 0.620. The van der Waals surface area contributed by atoms with Crippen molar-refractivity contribution >= 4 is 17.5 Å². The fraction of sp³-hybridized carbons (Fsp3) is 0.231. The Balaban J connectivity index is 1.23. The van der Waals surface area contributed by atoms with Crippen LogP contribution in [0.2, 0.25) is 0 Å². The predicted octanol–water partition coefficient (Wildman–Crippen LogP) is 2.35. The molecular formula is C26H24N4O5. The van der Waals surface area contributed by atoms with E-state index >= 15 is 0 Å². The maximum Gasteiger partial charge on any atom is 0.265 e. The van der Waals surface area contributed by atoms with Crippen LogP contribution in [0.15, 0.2) is 78.2 Å². The molecule has 9 heteroatoms. The monoisotopic (exact) mass is 472 g/mol. The summed E-state index contributed by atoms with van der Waals surface area (Å²) in [6, 6.07) is 17.9. The lowest BCUT2D eigenvalue weighted by Crippen LogP contribution is -2.50. The number of hydrogen-bond donors (Lipinski definition) is 2. The topological polar surface area (TPSA) is 111 Å². The van der Waals surface area contributed by atoms with Gasteiger partial charge in [0, 0.05) is 37.3 Å². The van der Waals surface area contributed by atoms with Crippen molar-refractivity contribution in [3.8, 4) is 11.5 Å². The van der Waals surface area contributed by atoms with E-state index in [0.717, 1.165) is 16.7 Å². The maximum absolute atomic E-state index is 13.0. The highest BCUT2D eigenvalue weighted by Gasteiger charge is 2.32. The van der Waals surface area contributed by atoms with Gasteiger partial charge in [-0.2, -0.15) is 0 Å². The van der Waals surface area contributed by atoms with Crippen molar-refractivity contribution in [3.05, 3.63) is 89.7 Å². The van der Waals surface area contributed by atoms with Crippen LogP contribution >= 0.6 is 0 Å². The number of amides is 2. The molecule has 1 aromatic heterocycles. The first-order chi connectivity index (χ1) is 17.2. The van der Waals surface area contributed by atoms with Crippen LogP contribution in [0.5, 0.6) is 11.5 Å². The van der Waals surface area contributed by atoms with Crippen molar-refractivity contribution in [1.29, 1.82) is 0 Å². The second-order valence-electron chi connectivity index (χ2n) is 8.23.